The molecule has 0 saturated heterocycles. The van der Waals surface area contributed by atoms with E-state index in [-0.39, 0.29) is 18.8 Å². The van der Waals surface area contributed by atoms with Gasteiger partial charge in [-0.2, -0.15) is 13.2 Å². The molecule has 29 heavy (non-hydrogen) atoms. The number of imidazole rings is 1. The molecule has 0 aliphatic heterocycles. The van der Waals surface area contributed by atoms with Gasteiger partial charge in [0.15, 0.2) is 0 Å². The van der Waals surface area contributed by atoms with E-state index < -0.39 is 28.8 Å². The highest BCUT2D eigenvalue weighted by atomic mass is 35.5. The number of para-hydroxylation sites is 2. The number of hydrogen-bond donors (Lipinski definition) is 3. The minimum atomic E-state index is -4.63. The Labute approximate surface area is 169 Å². The fourth-order valence-electron chi connectivity index (χ4n) is 2.77. The van der Waals surface area contributed by atoms with Crippen LogP contribution in [0, 0.1) is 0 Å². The molecule has 2 aromatic carbocycles. The third-order valence-electron chi connectivity index (χ3n) is 4.07. The summed E-state index contributed by atoms with van der Waals surface area (Å²) in [4.78, 5) is 16.9. The second-order valence-electron chi connectivity index (χ2n) is 6.48. The van der Waals surface area contributed by atoms with Gasteiger partial charge in [0.1, 0.15) is 6.54 Å². The molecule has 0 aliphatic rings. The van der Waals surface area contributed by atoms with Gasteiger partial charge < -0.3 is 20.3 Å². The number of amides is 1. The first-order chi connectivity index (χ1) is 13.6. The summed E-state index contributed by atoms with van der Waals surface area (Å²) in [7, 11) is 0. The van der Waals surface area contributed by atoms with Crippen LogP contribution in [0.3, 0.4) is 0 Å². The number of carbonyl (C=O) groups is 1. The number of nitrogens with one attached hydrogen (secondary N) is 2. The van der Waals surface area contributed by atoms with Crippen LogP contribution in [0.5, 0.6) is 0 Å². The molecule has 3 aromatic rings. The number of aliphatic hydroxyl groups excluding tert-OH is 1. The molecule has 6 nitrogen and oxygen atoms in total. The quantitative estimate of drug-likeness (QED) is 0.553. The van der Waals surface area contributed by atoms with Crippen molar-refractivity contribution >= 4 is 40.2 Å². The number of halogens is 4. The minimum Gasteiger partial charge on any atom is -0.392 e. The summed E-state index contributed by atoms with van der Waals surface area (Å²) < 4.78 is 40.6. The second-order valence-corrected chi connectivity index (χ2v) is 6.89. The van der Waals surface area contributed by atoms with Gasteiger partial charge in [-0.3, -0.25) is 4.79 Å². The summed E-state index contributed by atoms with van der Waals surface area (Å²) in [6.45, 7) is 1.63. The molecule has 0 spiro atoms. The van der Waals surface area contributed by atoms with E-state index in [1.54, 1.807) is 35.8 Å². The molecule has 10 heteroatoms. The van der Waals surface area contributed by atoms with E-state index in [1.807, 2.05) is 0 Å². The number of fused-ring (bicyclic) bond motifs is 1. The molecule has 0 radical (unpaired) electrons. The molecule has 0 fully saturated rings. The molecule has 3 rings (SSSR count). The third kappa shape index (κ3) is 4.99. The molecule has 1 aromatic heterocycles. The third-order valence-corrected chi connectivity index (χ3v) is 4.40. The van der Waals surface area contributed by atoms with Crippen molar-refractivity contribution in [2.45, 2.75) is 25.7 Å². The number of benzene rings is 2. The van der Waals surface area contributed by atoms with E-state index in [4.69, 9.17) is 11.6 Å². The van der Waals surface area contributed by atoms with E-state index in [2.05, 4.69) is 15.6 Å². The number of alkyl halides is 3. The first kappa shape index (κ1) is 20.9. The zero-order valence-electron chi connectivity index (χ0n) is 15.3. The zero-order chi connectivity index (χ0) is 21.2. The van der Waals surface area contributed by atoms with Crippen LogP contribution in [0.2, 0.25) is 5.02 Å². The Hall–Kier alpha value is -2.78. The molecule has 0 saturated carbocycles. The number of carbonyl (C=O) groups excluding carboxylic acids is 1. The minimum absolute atomic E-state index is 0.0189. The fourth-order valence-corrected chi connectivity index (χ4v) is 3.00. The van der Waals surface area contributed by atoms with Gasteiger partial charge in [0, 0.05) is 12.2 Å². The SMILES string of the molecule is C[C@H](O)CNc1nc2ccccc2n1CC(=O)Nc1ccc(Cl)c(C(F)(F)F)c1. The van der Waals surface area contributed by atoms with Crippen LogP contribution in [0.4, 0.5) is 24.8 Å². The summed E-state index contributed by atoms with van der Waals surface area (Å²) >= 11 is 5.61. The number of hydrogen-bond acceptors (Lipinski definition) is 4. The molecule has 0 aliphatic carbocycles. The van der Waals surface area contributed by atoms with Gasteiger partial charge in [0.25, 0.3) is 0 Å². The average molecular weight is 427 g/mol. The fraction of sp³-hybridized carbons (Fsp3) is 0.263. The average Bonchev–Trinajstić information content (AvgIpc) is 2.98. The van der Waals surface area contributed by atoms with Crippen LogP contribution in [0.25, 0.3) is 11.0 Å². The number of aromatic nitrogens is 2. The van der Waals surface area contributed by atoms with Gasteiger partial charge in [-0.15, -0.1) is 0 Å². The maximum atomic E-state index is 13.0. The lowest BCUT2D eigenvalue weighted by molar-refractivity contribution is -0.137. The van der Waals surface area contributed by atoms with Crippen molar-refractivity contribution in [2.24, 2.45) is 0 Å². The molecular weight excluding hydrogens is 409 g/mol. The summed E-state index contributed by atoms with van der Waals surface area (Å²) in [5.74, 6) is -0.168. The molecule has 1 atom stereocenters. The predicted octanol–water partition coefficient (Wildman–Crippen LogP) is 4.14. The lowest BCUT2D eigenvalue weighted by Gasteiger charge is -2.14. The zero-order valence-corrected chi connectivity index (χ0v) is 16.1. The number of anilines is 2. The standard InChI is InChI=1S/C19H18ClF3N4O2/c1-11(28)9-24-18-26-15-4-2-3-5-16(15)27(18)10-17(29)25-12-6-7-14(20)13(8-12)19(21,22)23/h2-8,11,28H,9-10H2,1H3,(H,24,26)(H,25,29)/t11-/m0/s1. The van der Waals surface area contributed by atoms with E-state index in [1.165, 1.54) is 6.07 Å². The van der Waals surface area contributed by atoms with Gasteiger partial charge in [0.05, 0.1) is 27.7 Å². The van der Waals surface area contributed by atoms with Crippen molar-refractivity contribution in [1.82, 2.24) is 9.55 Å². The summed E-state index contributed by atoms with van der Waals surface area (Å²) in [6.07, 6.45) is -5.26. The first-order valence-corrected chi connectivity index (χ1v) is 9.06. The van der Waals surface area contributed by atoms with E-state index in [0.717, 1.165) is 12.1 Å². The molecule has 0 bridgehead atoms. The molecule has 1 amide bonds. The van der Waals surface area contributed by atoms with Gasteiger partial charge in [-0.1, -0.05) is 23.7 Å². The highest BCUT2D eigenvalue weighted by molar-refractivity contribution is 6.31. The number of aliphatic hydroxyl groups is 1. The Kier molecular flexibility index (Phi) is 5.99. The Morgan fingerprint density at radius 3 is 2.69 bits per heavy atom. The maximum Gasteiger partial charge on any atom is 0.417 e. The monoisotopic (exact) mass is 426 g/mol. The van der Waals surface area contributed by atoms with Crippen LogP contribution >= 0.6 is 11.6 Å². The molecule has 3 N–H and O–H groups in total. The van der Waals surface area contributed by atoms with Crippen LogP contribution in [-0.4, -0.2) is 33.2 Å². The molecule has 0 unspecified atom stereocenters. The van der Waals surface area contributed by atoms with Gasteiger partial charge in [0.2, 0.25) is 11.9 Å². The Morgan fingerprint density at radius 1 is 1.28 bits per heavy atom. The highest BCUT2D eigenvalue weighted by Gasteiger charge is 2.33. The lowest BCUT2D eigenvalue weighted by atomic mass is 10.2. The molecule has 154 valence electrons. The summed E-state index contributed by atoms with van der Waals surface area (Å²) in [5.41, 5.74) is 0.265. The lowest BCUT2D eigenvalue weighted by Crippen LogP contribution is -2.22. The molecular formula is C19H18ClF3N4O2. The Morgan fingerprint density at radius 2 is 2.00 bits per heavy atom. The van der Waals surface area contributed by atoms with Gasteiger partial charge in [-0.25, -0.2) is 4.98 Å². The highest BCUT2D eigenvalue weighted by Crippen LogP contribution is 2.36. The van der Waals surface area contributed by atoms with Crippen molar-refractivity contribution in [1.29, 1.82) is 0 Å². The van der Waals surface area contributed by atoms with E-state index in [9.17, 15) is 23.1 Å². The number of nitrogens with zero attached hydrogens (tertiary/aromatic N) is 2. The van der Waals surface area contributed by atoms with Crippen molar-refractivity contribution in [3.05, 3.63) is 53.1 Å². The van der Waals surface area contributed by atoms with Crippen LogP contribution in [0.1, 0.15) is 12.5 Å². The van der Waals surface area contributed by atoms with Gasteiger partial charge in [-0.05, 0) is 37.3 Å². The topological polar surface area (TPSA) is 79.2 Å². The summed E-state index contributed by atoms with van der Waals surface area (Å²) in [6, 6.07) is 10.3. The largest absolute Gasteiger partial charge is 0.417 e. The normalized spacial score (nSPS) is 12.8. The van der Waals surface area contributed by atoms with Gasteiger partial charge >= 0.3 is 6.18 Å². The maximum absolute atomic E-state index is 13.0. The van der Waals surface area contributed by atoms with Crippen LogP contribution in [-0.2, 0) is 17.5 Å². The number of rotatable bonds is 6. The Bertz CT molecular complexity index is 1030. The smallest absolute Gasteiger partial charge is 0.392 e. The second kappa shape index (κ2) is 8.30. The van der Waals surface area contributed by atoms with E-state index in [0.29, 0.717) is 17.0 Å². The first-order valence-electron chi connectivity index (χ1n) is 8.69. The predicted molar refractivity (Wildman–Crippen MR) is 105 cm³/mol. The van der Waals surface area contributed by atoms with E-state index >= 15 is 0 Å². The van der Waals surface area contributed by atoms with Crippen molar-refractivity contribution in [2.75, 3.05) is 17.2 Å². The van der Waals surface area contributed by atoms with Crippen molar-refractivity contribution in [3.63, 3.8) is 0 Å². The Balaban J connectivity index is 1.84. The van der Waals surface area contributed by atoms with Crippen molar-refractivity contribution in [3.8, 4) is 0 Å². The van der Waals surface area contributed by atoms with Crippen LogP contribution < -0.4 is 10.6 Å². The van der Waals surface area contributed by atoms with Crippen LogP contribution in [0.15, 0.2) is 42.5 Å². The van der Waals surface area contributed by atoms with Crippen molar-refractivity contribution < 1.29 is 23.1 Å². The summed E-state index contributed by atoms with van der Waals surface area (Å²) in [5, 5.41) is 14.5. The molecule has 1 heterocycles.